The summed E-state index contributed by atoms with van der Waals surface area (Å²) in [5.41, 5.74) is 2.00. The Balaban J connectivity index is 2.25. The summed E-state index contributed by atoms with van der Waals surface area (Å²) in [7, 11) is 0. The largest absolute Gasteiger partial charge is 0.370 e. The SMILES string of the molecule is CCNc1nc(-c2ccnc(C)n2)nc2sc(C)c(C)c12. The zero-order valence-electron chi connectivity index (χ0n) is 12.6. The number of aromatic nitrogens is 4. The van der Waals surface area contributed by atoms with Crippen LogP contribution in [0.1, 0.15) is 23.2 Å². The van der Waals surface area contributed by atoms with E-state index in [-0.39, 0.29) is 0 Å². The van der Waals surface area contributed by atoms with E-state index in [2.05, 4.69) is 46.0 Å². The smallest absolute Gasteiger partial charge is 0.181 e. The van der Waals surface area contributed by atoms with E-state index in [1.54, 1.807) is 17.5 Å². The molecule has 0 aromatic carbocycles. The molecule has 0 saturated carbocycles. The third kappa shape index (κ3) is 2.47. The highest BCUT2D eigenvalue weighted by atomic mass is 32.1. The van der Waals surface area contributed by atoms with Gasteiger partial charge in [-0.1, -0.05) is 0 Å². The molecule has 0 bridgehead atoms. The topological polar surface area (TPSA) is 63.6 Å². The second-order valence-electron chi connectivity index (χ2n) is 4.88. The Hall–Kier alpha value is -2.08. The lowest BCUT2D eigenvalue weighted by Gasteiger charge is -2.08. The highest BCUT2D eigenvalue weighted by Crippen LogP contribution is 2.34. The van der Waals surface area contributed by atoms with Crippen LogP contribution in [0.15, 0.2) is 12.3 Å². The quantitative estimate of drug-likeness (QED) is 0.802. The molecule has 0 fully saturated rings. The second kappa shape index (κ2) is 5.37. The number of anilines is 1. The number of thiophene rings is 1. The van der Waals surface area contributed by atoms with Gasteiger partial charge in [-0.2, -0.15) is 0 Å². The van der Waals surface area contributed by atoms with E-state index >= 15 is 0 Å². The van der Waals surface area contributed by atoms with E-state index in [1.165, 1.54) is 10.4 Å². The van der Waals surface area contributed by atoms with Crippen LogP contribution >= 0.6 is 11.3 Å². The summed E-state index contributed by atoms with van der Waals surface area (Å²) < 4.78 is 0. The molecule has 108 valence electrons. The van der Waals surface area contributed by atoms with Gasteiger partial charge in [0, 0.05) is 17.6 Å². The first-order chi connectivity index (χ1) is 10.1. The first kappa shape index (κ1) is 13.9. The molecule has 0 aliphatic rings. The lowest BCUT2D eigenvalue weighted by atomic mass is 10.2. The molecular weight excluding hydrogens is 282 g/mol. The lowest BCUT2D eigenvalue weighted by molar-refractivity contribution is 1.04. The number of aryl methyl sites for hydroxylation is 3. The van der Waals surface area contributed by atoms with Gasteiger partial charge in [0.25, 0.3) is 0 Å². The second-order valence-corrected chi connectivity index (χ2v) is 6.08. The Morgan fingerprint density at radius 3 is 2.67 bits per heavy atom. The van der Waals surface area contributed by atoms with Crippen LogP contribution in [0.25, 0.3) is 21.7 Å². The zero-order valence-corrected chi connectivity index (χ0v) is 13.4. The molecular formula is C15H17N5S. The van der Waals surface area contributed by atoms with Crippen molar-refractivity contribution in [1.29, 1.82) is 0 Å². The molecule has 0 amide bonds. The molecule has 0 aliphatic carbocycles. The molecule has 3 aromatic rings. The van der Waals surface area contributed by atoms with Crippen molar-refractivity contribution in [2.45, 2.75) is 27.7 Å². The minimum Gasteiger partial charge on any atom is -0.370 e. The third-order valence-corrected chi connectivity index (χ3v) is 4.48. The molecule has 3 aromatic heterocycles. The summed E-state index contributed by atoms with van der Waals surface area (Å²) in [6, 6.07) is 1.84. The van der Waals surface area contributed by atoms with Crippen molar-refractivity contribution < 1.29 is 0 Å². The Morgan fingerprint density at radius 1 is 1.14 bits per heavy atom. The van der Waals surface area contributed by atoms with Gasteiger partial charge in [-0.05, 0) is 39.3 Å². The van der Waals surface area contributed by atoms with Gasteiger partial charge in [-0.3, -0.25) is 0 Å². The predicted octanol–water partition coefficient (Wildman–Crippen LogP) is 3.51. The Kier molecular flexibility index (Phi) is 3.55. The zero-order chi connectivity index (χ0) is 15.0. The normalized spacial score (nSPS) is 11.0. The Morgan fingerprint density at radius 2 is 1.95 bits per heavy atom. The minimum absolute atomic E-state index is 0.644. The average Bonchev–Trinajstić information content (AvgIpc) is 2.74. The first-order valence-electron chi connectivity index (χ1n) is 6.91. The van der Waals surface area contributed by atoms with Crippen molar-refractivity contribution in [2.24, 2.45) is 0 Å². The van der Waals surface area contributed by atoms with Crippen LogP contribution in [-0.4, -0.2) is 26.5 Å². The van der Waals surface area contributed by atoms with Gasteiger partial charge in [0.2, 0.25) is 0 Å². The number of nitrogens with zero attached hydrogens (tertiary/aromatic N) is 4. The van der Waals surface area contributed by atoms with E-state index in [0.717, 1.165) is 34.1 Å². The monoisotopic (exact) mass is 299 g/mol. The minimum atomic E-state index is 0.644. The van der Waals surface area contributed by atoms with Gasteiger partial charge in [0.1, 0.15) is 22.2 Å². The van der Waals surface area contributed by atoms with E-state index in [9.17, 15) is 0 Å². The summed E-state index contributed by atoms with van der Waals surface area (Å²) >= 11 is 1.70. The molecule has 3 rings (SSSR count). The Bertz CT molecular complexity index is 809. The maximum Gasteiger partial charge on any atom is 0.181 e. The van der Waals surface area contributed by atoms with Gasteiger partial charge in [0.15, 0.2) is 5.82 Å². The number of hydrogen-bond donors (Lipinski definition) is 1. The highest BCUT2D eigenvalue weighted by Gasteiger charge is 2.15. The highest BCUT2D eigenvalue weighted by molar-refractivity contribution is 7.18. The van der Waals surface area contributed by atoms with E-state index in [0.29, 0.717) is 5.82 Å². The molecule has 0 unspecified atom stereocenters. The van der Waals surface area contributed by atoms with Crippen LogP contribution in [0.3, 0.4) is 0 Å². The fraction of sp³-hybridized carbons (Fsp3) is 0.333. The fourth-order valence-electron chi connectivity index (χ4n) is 2.24. The van der Waals surface area contributed by atoms with Gasteiger partial charge in [0.05, 0.1) is 5.39 Å². The maximum atomic E-state index is 4.69. The van der Waals surface area contributed by atoms with Gasteiger partial charge >= 0.3 is 0 Å². The van der Waals surface area contributed by atoms with Crippen LogP contribution in [0.4, 0.5) is 5.82 Å². The molecule has 21 heavy (non-hydrogen) atoms. The van der Waals surface area contributed by atoms with Crippen molar-refractivity contribution in [3.8, 4) is 11.5 Å². The number of nitrogens with one attached hydrogen (secondary N) is 1. The molecule has 0 atom stereocenters. The summed E-state index contributed by atoms with van der Waals surface area (Å²) in [5, 5.41) is 4.46. The molecule has 0 saturated heterocycles. The molecule has 6 heteroatoms. The fourth-order valence-corrected chi connectivity index (χ4v) is 3.27. The summed E-state index contributed by atoms with van der Waals surface area (Å²) in [6.45, 7) is 8.99. The number of fused-ring (bicyclic) bond motifs is 1. The van der Waals surface area contributed by atoms with Crippen molar-refractivity contribution in [1.82, 2.24) is 19.9 Å². The van der Waals surface area contributed by atoms with Crippen LogP contribution in [0.5, 0.6) is 0 Å². The molecule has 0 radical (unpaired) electrons. The van der Waals surface area contributed by atoms with Crippen LogP contribution in [-0.2, 0) is 0 Å². The first-order valence-corrected chi connectivity index (χ1v) is 7.73. The van der Waals surface area contributed by atoms with Gasteiger partial charge < -0.3 is 5.32 Å². The predicted molar refractivity (Wildman–Crippen MR) is 86.8 cm³/mol. The third-order valence-electron chi connectivity index (χ3n) is 3.38. The van der Waals surface area contributed by atoms with Crippen molar-refractivity contribution >= 4 is 27.4 Å². The molecule has 3 heterocycles. The van der Waals surface area contributed by atoms with Crippen molar-refractivity contribution in [3.05, 3.63) is 28.5 Å². The van der Waals surface area contributed by atoms with Gasteiger partial charge in [-0.15, -0.1) is 11.3 Å². The molecule has 0 spiro atoms. The van der Waals surface area contributed by atoms with Crippen LogP contribution in [0.2, 0.25) is 0 Å². The lowest BCUT2D eigenvalue weighted by Crippen LogP contribution is -2.03. The van der Waals surface area contributed by atoms with Gasteiger partial charge in [-0.25, -0.2) is 19.9 Å². The van der Waals surface area contributed by atoms with Crippen molar-refractivity contribution in [2.75, 3.05) is 11.9 Å². The van der Waals surface area contributed by atoms with Crippen molar-refractivity contribution in [3.63, 3.8) is 0 Å². The maximum absolute atomic E-state index is 4.69. The number of rotatable bonds is 3. The van der Waals surface area contributed by atoms with E-state index in [4.69, 9.17) is 0 Å². The Labute approximate surface area is 127 Å². The molecule has 0 aliphatic heterocycles. The summed E-state index contributed by atoms with van der Waals surface area (Å²) in [6.07, 6.45) is 1.74. The average molecular weight is 299 g/mol. The van der Waals surface area contributed by atoms with E-state index < -0.39 is 0 Å². The molecule has 5 nitrogen and oxygen atoms in total. The van der Waals surface area contributed by atoms with Crippen LogP contribution < -0.4 is 5.32 Å². The molecule has 1 N–H and O–H groups in total. The standard InChI is InChI=1S/C15H17N5S/c1-5-16-14-12-8(2)9(3)21-15(12)20-13(19-14)11-6-7-17-10(4)18-11/h6-7H,5H2,1-4H3,(H,16,19,20). The number of hydrogen-bond acceptors (Lipinski definition) is 6. The van der Waals surface area contributed by atoms with E-state index in [1.807, 2.05) is 13.0 Å². The summed E-state index contributed by atoms with van der Waals surface area (Å²) in [5.74, 6) is 2.25. The van der Waals surface area contributed by atoms with Crippen LogP contribution in [0, 0.1) is 20.8 Å². The summed E-state index contributed by atoms with van der Waals surface area (Å²) in [4.78, 5) is 20.2.